The predicted octanol–water partition coefficient (Wildman–Crippen LogP) is 5.18. The number of halogens is 12. The van der Waals surface area contributed by atoms with E-state index in [-0.39, 0.29) is 0 Å². The molecule has 0 N–H and O–H groups in total. The highest BCUT2D eigenvalue weighted by Crippen LogP contribution is 2.38. The van der Waals surface area contributed by atoms with Crippen LogP contribution >= 0.6 is 0 Å². The van der Waals surface area contributed by atoms with Gasteiger partial charge in [-0.2, -0.15) is 52.7 Å². The van der Waals surface area contributed by atoms with E-state index in [0.717, 1.165) is 0 Å². The minimum absolute atomic E-state index is 2.07. The van der Waals surface area contributed by atoms with Crippen LogP contribution in [0, 0.1) is 0 Å². The number of hydrogen-bond donors (Lipinski definition) is 0. The number of hydrogen-bond acceptors (Lipinski definition) is 1. The summed E-state index contributed by atoms with van der Waals surface area (Å²) in [5.74, 6) is 0. The topological polar surface area (TPSA) is 9.23 Å². The van der Waals surface area contributed by atoms with Gasteiger partial charge < -0.3 is 4.74 Å². The van der Waals surface area contributed by atoms with Gasteiger partial charge in [0.2, 0.25) is 0 Å². The van der Waals surface area contributed by atoms with Crippen molar-refractivity contribution < 1.29 is 57.4 Å². The quantitative estimate of drug-likeness (QED) is 0.503. The third-order valence-electron chi connectivity index (χ3n) is 0.839. The highest BCUT2D eigenvalue weighted by Gasteiger charge is 2.62. The highest BCUT2D eigenvalue weighted by molar-refractivity contribution is 4.83. The Balaban J connectivity index is 0. The first kappa shape index (κ1) is 19.8. The Morgan fingerprint density at radius 2 is 0.895 bits per heavy atom. The van der Waals surface area contributed by atoms with Crippen LogP contribution in [0.15, 0.2) is 24.3 Å². The summed E-state index contributed by atoms with van der Waals surface area (Å²) in [7, 11) is 0. The highest BCUT2D eigenvalue weighted by atomic mass is 19.4. The predicted molar refractivity (Wildman–Crippen MR) is 33.9 cm³/mol. The van der Waals surface area contributed by atoms with Gasteiger partial charge >= 0.3 is 36.5 Å². The summed E-state index contributed by atoms with van der Waals surface area (Å²) in [5, 5.41) is 0. The summed E-state index contributed by atoms with van der Waals surface area (Å²) in [4.78, 5) is 0. The van der Waals surface area contributed by atoms with Crippen LogP contribution in [0.2, 0.25) is 0 Å². The van der Waals surface area contributed by atoms with Gasteiger partial charge in [0.05, 0.1) is 0 Å². The molecule has 19 heavy (non-hydrogen) atoms. The van der Waals surface area contributed by atoms with Gasteiger partial charge in [-0.15, -0.1) is 0 Å². The van der Waals surface area contributed by atoms with Gasteiger partial charge in [0, 0.05) is 0 Å². The second-order valence-corrected chi connectivity index (χ2v) is 2.17. The Bertz CT molecular complexity index is 330. The van der Waals surface area contributed by atoms with E-state index in [1.54, 1.807) is 0 Å². The van der Waals surface area contributed by atoms with Crippen molar-refractivity contribution in [1.82, 2.24) is 0 Å². The van der Waals surface area contributed by atoms with E-state index in [9.17, 15) is 52.7 Å². The Morgan fingerprint density at radius 3 is 1.05 bits per heavy atom. The first-order valence-corrected chi connectivity index (χ1v) is 3.43. The zero-order chi connectivity index (χ0) is 16.0. The van der Waals surface area contributed by atoms with E-state index >= 15 is 0 Å². The number of ether oxygens (including phenoxy) is 1. The fourth-order valence-corrected chi connectivity index (χ4v) is 0.209. The Labute approximate surface area is 95.3 Å². The van der Waals surface area contributed by atoms with Gasteiger partial charge in [0.15, 0.2) is 0 Å². The van der Waals surface area contributed by atoms with Crippen LogP contribution in [0.5, 0.6) is 0 Å². The molecule has 0 aromatic heterocycles. The molecule has 0 aliphatic heterocycles. The van der Waals surface area contributed by atoms with E-state index in [1.807, 2.05) is 0 Å². The van der Waals surface area contributed by atoms with E-state index in [1.165, 1.54) is 0 Å². The molecule has 0 unspecified atom stereocenters. The second-order valence-electron chi connectivity index (χ2n) is 2.17. The first-order valence-electron chi connectivity index (χ1n) is 3.43. The lowest BCUT2D eigenvalue weighted by molar-refractivity contribution is -0.385. The molecule has 13 heteroatoms. The van der Waals surface area contributed by atoms with Crippen molar-refractivity contribution in [2.75, 3.05) is 0 Å². The van der Waals surface area contributed by atoms with E-state index in [2.05, 4.69) is 4.74 Å². The molecule has 0 radical (unpaired) electrons. The van der Waals surface area contributed by atoms with Crippen LogP contribution in [0.25, 0.3) is 0 Å². The average molecular weight is 316 g/mol. The van der Waals surface area contributed by atoms with Crippen molar-refractivity contribution in [2.45, 2.75) is 12.3 Å². The largest absolute Gasteiger partial charge is 0.500 e. The van der Waals surface area contributed by atoms with Crippen LogP contribution in [-0.2, 0) is 4.74 Å². The Kier molecular flexibility index (Phi) is 7.42. The van der Waals surface area contributed by atoms with Crippen LogP contribution in [-0.4, -0.2) is 12.3 Å². The minimum atomic E-state index is -6.25. The van der Waals surface area contributed by atoms with Crippen molar-refractivity contribution in [3.05, 3.63) is 24.3 Å². The fourth-order valence-electron chi connectivity index (χ4n) is 0.209. The summed E-state index contributed by atoms with van der Waals surface area (Å²) < 4.78 is 133. The molecule has 0 aromatic rings. The molecule has 0 aliphatic rings. The van der Waals surface area contributed by atoms with E-state index < -0.39 is 36.5 Å². The zero-order valence-electron chi connectivity index (χ0n) is 7.94. The number of alkyl halides is 5. The molecule has 0 aromatic carbocycles. The maximum absolute atomic E-state index is 11.6. The van der Waals surface area contributed by atoms with E-state index in [4.69, 9.17) is 0 Å². The maximum Gasteiger partial charge on any atom is 0.500 e. The zero-order valence-corrected chi connectivity index (χ0v) is 7.94. The van der Waals surface area contributed by atoms with Crippen LogP contribution in [0.1, 0.15) is 0 Å². The lowest BCUT2D eigenvalue weighted by Gasteiger charge is -2.17. The van der Waals surface area contributed by atoms with Gasteiger partial charge in [-0.05, 0) is 0 Å². The van der Waals surface area contributed by atoms with Gasteiger partial charge in [-0.1, -0.05) is 0 Å². The molecule has 0 heterocycles. The molecule has 0 bridgehead atoms. The van der Waals surface area contributed by atoms with Crippen molar-refractivity contribution in [1.29, 1.82) is 0 Å². The summed E-state index contributed by atoms with van der Waals surface area (Å²) in [6.07, 6.45) is -21.4. The molecule has 0 aliphatic carbocycles. The molecule has 0 fully saturated rings. The van der Waals surface area contributed by atoms with Gasteiger partial charge in [0.1, 0.15) is 0 Å². The molecular weight excluding hydrogens is 316 g/mol. The van der Waals surface area contributed by atoms with Crippen molar-refractivity contribution in [3.8, 4) is 0 Å². The third-order valence-corrected chi connectivity index (χ3v) is 0.839. The van der Waals surface area contributed by atoms with Crippen LogP contribution < -0.4 is 0 Å². The summed E-state index contributed by atoms with van der Waals surface area (Å²) in [6, 6.07) is -3.26. The Morgan fingerprint density at radius 1 is 0.579 bits per heavy atom. The van der Waals surface area contributed by atoms with Crippen molar-refractivity contribution >= 4 is 0 Å². The molecular formula is C6F12O. The lowest BCUT2D eigenvalue weighted by atomic mass is 10.6. The van der Waals surface area contributed by atoms with Crippen molar-refractivity contribution in [2.24, 2.45) is 0 Å². The Hall–Kier alpha value is -1.56. The SMILES string of the molecule is FC(F)=C(F)F.FC(F)=C(F)OC(F)(F)C(F)(F)F. The summed E-state index contributed by atoms with van der Waals surface area (Å²) >= 11 is 0. The van der Waals surface area contributed by atoms with Crippen LogP contribution in [0.3, 0.4) is 0 Å². The molecule has 114 valence electrons. The molecule has 0 spiro atoms. The minimum Gasteiger partial charge on any atom is -0.395 e. The summed E-state index contributed by atoms with van der Waals surface area (Å²) in [6.45, 7) is 0. The normalized spacial score (nSPS) is 11.2. The monoisotopic (exact) mass is 316 g/mol. The maximum atomic E-state index is 11.6. The summed E-state index contributed by atoms with van der Waals surface area (Å²) in [5.41, 5.74) is 0. The second kappa shape index (κ2) is 7.13. The van der Waals surface area contributed by atoms with Gasteiger partial charge in [-0.3, -0.25) is 0 Å². The molecule has 0 atom stereocenters. The lowest BCUT2D eigenvalue weighted by Crippen LogP contribution is -2.38. The molecule has 0 rings (SSSR count). The van der Waals surface area contributed by atoms with Gasteiger partial charge in [0.25, 0.3) is 0 Å². The van der Waals surface area contributed by atoms with E-state index in [0.29, 0.717) is 0 Å². The van der Waals surface area contributed by atoms with Gasteiger partial charge in [-0.25, -0.2) is 0 Å². The third kappa shape index (κ3) is 8.20. The van der Waals surface area contributed by atoms with Crippen LogP contribution in [0.4, 0.5) is 52.7 Å². The fraction of sp³-hybridized carbons (Fsp3) is 0.333. The number of rotatable bonds is 2. The average Bonchev–Trinajstić information content (AvgIpc) is 2.15. The smallest absolute Gasteiger partial charge is 0.395 e. The van der Waals surface area contributed by atoms with Crippen molar-refractivity contribution in [3.63, 3.8) is 0 Å². The standard InChI is InChI=1S/C4F8O.C2F4/c5-1(6)2(7)13-4(11,12)3(8,9)10;3-1(4)2(5)6. The molecule has 1 nitrogen and oxygen atoms in total. The molecule has 0 saturated heterocycles. The molecule has 0 saturated carbocycles. The first-order chi connectivity index (χ1) is 8.22. The molecule has 0 amide bonds.